The summed E-state index contributed by atoms with van der Waals surface area (Å²) in [6.45, 7) is 3.86. The van der Waals surface area contributed by atoms with Crippen molar-refractivity contribution in [3.05, 3.63) is 59.4 Å². The van der Waals surface area contributed by atoms with E-state index in [2.05, 4.69) is 0 Å². The molecule has 0 aliphatic heterocycles. The third kappa shape index (κ3) is 3.73. The molecule has 0 radical (unpaired) electrons. The molecule has 0 aromatic heterocycles. The molecule has 2 aromatic carbocycles. The van der Waals surface area contributed by atoms with Crippen molar-refractivity contribution in [2.45, 2.75) is 26.1 Å². The average molecular weight is 290 g/mol. The van der Waals surface area contributed by atoms with E-state index >= 15 is 0 Å². The van der Waals surface area contributed by atoms with E-state index in [0.29, 0.717) is 16.9 Å². The van der Waals surface area contributed by atoms with Crippen LogP contribution in [0.3, 0.4) is 0 Å². The lowest BCUT2D eigenvalue weighted by molar-refractivity contribution is 0.216. The highest BCUT2D eigenvalue weighted by Crippen LogP contribution is 2.28. The zero-order valence-electron chi connectivity index (χ0n) is 12.3. The third-order valence-electron chi connectivity index (χ3n) is 3.04. The van der Waals surface area contributed by atoms with Crippen molar-refractivity contribution in [2.24, 2.45) is 0 Å². The van der Waals surface area contributed by atoms with Crippen LogP contribution in [0.2, 0.25) is 0 Å². The Labute approximate surface area is 124 Å². The molecule has 1 unspecified atom stereocenters. The van der Waals surface area contributed by atoms with Gasteiger partial charge >= 0.3 is 0 Å². The van der Waals surface area contributed by atoms with Gasteiger partial charge in [0.1, 0.15) is 11.9 Å². The van der Waals surface area contributed by atoms with Crippen LogP contribution in [0.1, 0.15) is 31.1 Å². The van der Waals surface area contributed by atoms with E-state index < -0.39 is 11.9 Å². The van der Waals surface area contributed by atoms with Gasteiger partial charge in [0.15, 0.2) is 11.6 Å². The van der Waals surface area contributed by atoms with E-state index in [-0.39, 0.29) is 11.9 Å². The molecule has 112 valence electrons. The van der Waals surface area contributed by atoms with Crippen LogP contribution >= 0.6 is 0 Å². The van der Waals surface area contributed by atoms with Gasteiger partial charge in [-0.1, -0.05) is 18.2 Å². The van der Waals surface area contributed by atoms with Gasteiger partial charge < -0.3 is 14.6 Å². The van der Waals surface area contributed by atoms with Gasteiger partial charge in [0.25, 0.3) is 0 Å². The minimum Gasteiger partial charge on any atom is -0.494 e. The van der Waals surface area contributed by atoms with Crippen LogP contribution in [0.15, 0.2) is 42.5 Å². The fourth-order valence-electron chi connectivity index (χ4n) is 2.08. The van der Waals surface area contributed by atoms with Crippen molar-refractivity contribution in [2.75, 3.05) is 7.11 Å². The molecule has 1 atom stereocenters. The zero-order valence-corrected chi connectivity index (χ0v) is 12.3. The SMILES string of the molecule is COc1ccc(C(O)c2cccc(OC(C)C)c2)cc1F. The number of benzene rings is 2. The number of aliphatic hydroxyl groups is 1. The fourth-order valence-corrected chi connectivity index (χ4v) is 2.08. The molecule has 0 saturated carbocycles. The Hall–Kier alpha value is -2.07. The normalized spacial score (nSPS) is 12.3. The van der Waals surface area contributed by atoms with Crippen molar-refractivity contribution in [1.29, 1.82) is 0 Å². The molecule has 2 aromatic rings. The van der Waals surface area contributed by atoms with Crippen molar-refractivity contribution in [1.82, 2.24) is 0 Å². The van der Waals surface area contributed by atoms with Gasteiger partial charge in [0, 0.05) is 0 Å². The summed E-state index contributed by atoms with van der Waals surface area (Å²) in [7, 11) is 1.40. The first-order valence-corrected chi connectivity index (χ1v) is 6.79. The van der Waals surface area contributed by atoms with Crippen LogP contribution in [-0.2, 0) is 0 Å². The average Bonchev–Trinajstić information content (AvgIpc) is 2.46. The second-order valence-electron chi connectivity index (χ2n) is 5.04. The molecular weight excluding hydrogens is 271 g/mol. The summed E-state index contributed by atoms with van der Waals surface area (Å²) in [5.41, 5.74) is 1.12. The Balaban J connectivity index is 2.27. The zero-order chi connectivity index (χ0) is 15.4. The molecule has 0 heterocycles. The van der Waals surface area contributed by atoms with Crippen molar-refractivity contribution in [3.63, 3.8) is 0 Å². The van der Waals surface area contributed by atoms with Gasteiger partial charge in [-0.2, -0.15) is 0 Å². The standard InChI is InChI=1S/C17H19FO3/c1-11(2)21-14-6-4-5-12(9-14)17(19)13-7-8-16(20-3)15(18)10-13/h4-11,17,19H,1-3H3. The Morgan fingerprint density at radius 2 is 1.76 bits per heavy atom. The number of aliphatic hydroxyl groups excluding tert-OH is 1. The predicted molar refractivity (Wildman–Crippen MR) is 79.2 cm³/mol. The molecule has 0 aliphatic carbocycles. The van der Waals surface area contributed by atoms with Gasteiger partial charge in [-0.05, 0) is 49.2 Å². The highest BCUT2D eigenvalue weighted by molar-refractivity contribution is 5.38. The molecule has 2 rings (SSSR count). The highest BCUT2D eigenvalue weighted by Gasteiger charge is 2.14. The smallest absolute Gasteiger partial charge is 0.165 e. The van der Waals surface area contributed by atoms with Crippen LogP contribution in [-0.4, -0.2) is 18.3 Å². The van der Waals surface area contributed by atoms with Gasteiger partial charge in [0.2, 0.25) is 0 Å². The van der Waals surface area contributed by atoms with Crippen LogP contribution in [0.5, 0.6) is 11.5 Å². The number of halogens is 1. The first-order valence-electron chi connectivity index (χ1n) is 6.79. The van der Waals surface area contributed by atoms with Gasteiger partial charge in [-0.15, -0.1) is 0 Å². The molecule has 0 bridgehead atoms. The van der Waals surface area contributed by atoms with Gasteiger partial charge in [-0.25, -0.2) is 4.39 Å². The Morgan fingerprint density at radius 3 is 2.38 bits per heavy atom. The first-order chi connectivity index (χ1) is 10.0. The topological polar surface area (TPSA) is 38.7 Å². The van der Waals surface area contributed by atoms with E-state index in [4.69, 9.17) is 9.47 Å². The maximum absolute atomic E-state index is 13.7. The van der Waals surface area contributed by atoms with Crippen molar-refractivity contribution in [3.8, 4) is 11.5 Å². The quantitative estimate of drug-likeness (QED) is 0.912. The molecule has 0 amide bonds. The van der Waals surface area contributed by atoms with E-state index in [0.717, 1.165) is 0 Å². The van der Waals surface area contributed by atoms with E-state index in [9.17, 15) is 9.50 Å². The molecule has 21 heavy (non-hydrogen) atoms. The minimum absolute atomic E-state index is 0.0517. The minimum atomic E-state index is -0.916. The van der Waals surface area contributed by atoms with Crippen LogP contribution < -0.4 is 9.47 Å². The fraction of sp³-hybridized carbons (Fsp3) is 0.294. The van der Waals surface area contributed by atoms with Crippen LogP contribution in [0.4, 0.5) is 4.39 Å². The van der Waals surface area contributed by atoms with E-state index in [1.807, 2.05) is 19.9 Å². The molecule has 0 saturated heterocycles. The van der Waals surface area contributed by atoms with Crippen molar-refractivity contribution < 1.29 is 19.0 Å². The maximum Gasteiger partial charge on any atom is 0.165 e. The lowest BCUT2D eigenvalue weighted by Crippen LogP contribution is -2.06. The van der Waals surface area contributed by atoms with Crippen LogP contribution in [0, 0.1) is 5.82 Å². The second-order valence-corrected chi connectivity index (χ2v) is 5.04. The lowest BCUT2D eigenvalue weighted by Gasteiger charge is -2.15. The lowest BCUT2D eigenvalue weighted by atomic mass is 10.0. The van der Waals surface area contributed by atoms with E-state index in [1.165, 1.54) is 19.2 Å². The number of hydrogen-bond donors (Lipinski definition) is 1. The highest BCUT2D eigenvalue weighted by atomic mass is 19.1. The monoisotopic (exact) mass is 290 g/mol. The molecule has 1 N–H and O–H groups in total. The van der Waals surface area contributed by atoms with Gasteiger partial charge in [-0.3, -0.25) is 0 Å². The number of ether oxygens (including phenoxy) is 2. The third-order valence-corrected chi connectivity index (χ3v) is 3.04. The van der Waals surface area contributed by atoms with E-state index in [1.54, 1.807) is 24.3 Å². The van der Waals surface area contributed by atoms with Crippen LogP contribution in [0.25, 0.3) is 0 Å². The first kappa shape index (κ1) is 15.3. The number of methoxy groups -OCH3 is 1. The second kappa shape index (κ2) is 6.59. The Morgan fingerprint density at radius 1 is 1.05 bits per heavy atom. The largest absolute Gasteiger partial charge is 0.494 e. The number of hydrogen-bond acceptors (Lipinski definition) is 3. The molecule has 0 spiro atoms. The summed E-state index contributed by atoms with van der Waals surface area (Å²) in [5.74, 6) is 0.335. The summed E-state index contributed by atoms with van der Waals surface area (Å²) < 4.78 is 24.2. The summed E-state index contributed by atoms with van der Waals surface area (Å²) in [6.07, 6.45) is -0.864. The predicted octanol–water partition coefficient (Wildman–Crippen LogP) is 3.70. The summed E-state index contributed by atoms with van der Waals surface area (Å²) >= 11 is 0. The van der Waals surface area contributed by atoms with Crippen molar-refractivity contribution >= 4 is 0 Å². The number of rotatable bonds is 5. The molecular formula is C17H19FO3. The molecule has 0 aliphatic rings. The molecule has 4 heteroatoms. The summed E-state index contributed by atoms with van der Waals surface area (Å²) in [4.78, 5) is 0. The summed E-state index contributed by atoms with van der Waals surface area (Å²) in [6, 6.07) is 11.6. The molecule has 3 nitrogen and oxygen atoms in total. The van der Waals surface area contributed by atoms with Gasteiger partial charge in [0.05, 0.1) is 13.2 Å². The Bertz CT molecular complexity index is 611. The summed E-state index contributed by atoms with van der Waals surface area (Å²) in [5, 5.41) is 10.4. The Kier molecular flexibility index (Phi) is 4.81. The molecule has 0 fully saturated rings. The maximum atomic E-state index is 13.7.